The maximum Gasteiger partial charge on any atom is 0.257 e. The van der Waals surface area contributed by atoms with Crippen LogP contribution in [0.25, 0.3) is 34.2 Å². The zero-order chi connectivity index (χ0) is 57.4. The number of aromatic amines is 3. The number of benzene rings is 3. The Morgan fingerprint density at radius 2 is 0.815 bits per heavy atom. The van der Waals surface area contributed by atoms with Gasteiger partial charge in [-0.15, -0.1) is 0 Å². The van der Waals surface area contributed by atoms with Gasteiger partial charge in [0, 0.05) is 68.5 Å². The van der Waals surface area contributed by atoms with E-state index < -0.39 is 5.82 Å². The van der Waals surface area contributed by atoms with E-state index in [-0.39, 0.29) is 46.4 Å². The lowest BCUT2D eigenvalue weighted by Crippen LogP contribution is -2.43. The minimum absolute atomic E-state index is 0.00858. The number of hydrogen-bond donors (Lipinski definition) is 3. The molecule has 9 aromatic rings. The van der Waals surface area contributed by atoms with E-state index in [1.807, 2.05) is 59.7 Å². The quantitative estimate of drug-likeness (QED) is 0.141. The van der Waals surface area contributed by atoms with Crippen molar-refractivity contribution in [1.29, 1.82) is 0 Å². The molecule has 0 bridgehead atoms. The van der Waals surface area contributed by atoms with Crippen molar-refractivity contribution in [3.05, 3.63) is 190 Å². The number of nitrogens with zero attached hydrogens (tertiary/aromatic N) is 12. The second-order valence-corrected chi connectivity index (χ2v) is 22.0. The maximum atomic E-state index is 14.2. The first-order valence-corrected chi connectivity index (χ1v) is 27.6. The fourth-order valence-electron chi connectivity index (χ4n) is 10.3. The summed E-state index contributed by atoms with van der Waals surface area (Å²) in [6.45, 7) is 12.5. The van der Waals surface area contributed by atoms with Crippen molar-refractivity contribution in [2.75, 3.05) is 0 Å². The van der Waals surface area contributed by atoms with E-state index in [1.54, 1.807) is 69.7 Å². The maximum absolute atomic E-state index is 14.2. The van der Waals surface area contributed by atoms with Crippen molar-refractivity contribution in [3.63, 3.8) is 0 Å². The largest absolute Gasteiger partial charge is 0.330 e. The number of amides is 3. The number of carbonyl (C=O) groups excluding carboxylic acids is 3. The van der Waals surface area contributed by atoms with Gasteiger partial charge in [-0.05, 0) is 134 Å². The number of nitrogens with one attached hydrogen (secondary N) is 3. The smallest absolute Gasteiger partial charge is 0.257 e. The number of halogens is 6. The molecule has 81 heavy (non-hydrogen) atoms. The van der Waals surface area contributed by atoms with Crippen LogP contribution in [0.2, 0.25) is 25.1 Å². The molecule has 9 heterocycles. The summed E-state index contributed by atoms with van der Waals surface area (Å²) in [6, 6.07) is 19.4. The van der Waals surface area contributed by atoms with Crippen molar-refractivity contribution < 1.29 is 18.8 Å². The predicted molar refractivity (Wildman–Crippen MR) is 307 cm³/mol. The fourth-order valence-corrected chi connectivity index (χ4v) is 11.3. The van der Waals surface area contributed by atoms with Gasteiger partial charge in [-0.25, -0.2) is 34.3 Å². The highest BCUT2D eigenvalue weighted by Gasteiger charge is 2.35. The molecule has 3 aliphatic rings. The monoisotopic (exact) mass is 1190 g/mol. The van der Waals surface area contributed by atoms with E-state index in [2.05, 4.69) is 60.5 Å². The van der Waals surface area contributed by atoms with Crippen LogP contribution < -0.4 is 0 Å². The number of hydrogen-bond acceptors (Lipinski definition) is 12. The molecule has 414 valence electrons. The third kappa shape index (κ3) is 12.0. The van der Waals surface area contributed by atoms with Crippen LogP contribution in [0.3, 0.4) is 0 Å². The molecule has 3 amide bonds. The number of aromatic nitrogens is 12. The van der Waals surface area contributed by atoms with Crippen LogP contribution in [0, 0.1) is 26.6 Å². The first-order chi connectivity index (χ1) is 38.8. The molecule has 12 rings (SSSR count). The lowest BCUT2D eigenvalue weighted by Gasteiger charge is -2.35. The van der Waals surface area contributed by atoms with Gasteiger partial charge in [0.2, 0.25) is 0 Å². The highest BCUT2D eigenvalue weighted by Crippen LogP contribution is 2.35. The highest BCUT2D eigenvalue weighted by atomic mass is 35.5. The molecular weight excluding hydrogens is 1140 g/mol. The molecule has 24 heteroatoms. The average molecular weight is 1190 g/mol. The second kappa shape index (κ2) is 23.8. The number of H-pyrrole nitrogens is 3. The summed E-state index contributed by atoms with van der Waals surface area (Å²) in [5.74, 6) is 0.641. The summed E-state index contributed by atoms with van der Waals surface area (Å²) in [5, 5.41) is 22.9. The predicted octanol–water partition coefficient (Wildman–Crippen LogP) is 11.7. The zero-order valence-electron chi connectivity index (χ0n) is 44.5. The zero-order valence-corrected chi connectivity index (χ0v) is 48.3. The van der Waals surface area contributed by atoms with E-state index in [0.717, 1.165) is 74.0 Å². The molecule has 0 fully saturated rings. The van der Waals surface area contributed by atoms with Gasteiger partial charge in [0.15, 0.2) is 0 Å². The van der Waals surface area contributed by atoms with Gasteiger partial charge in [-0.2, -0.15) is 15.3 Å². The summed E-state index contributed by atoms with van der Waals surface area (Å²) in [7, 11) is 0. The summed E-state index contributed by atoms with van der Waals surface area (Å²) < 4.78 is 14.2. The van der Waals surface area contributed by atoms with E-state index in [1.165, 1.54) is 12.1 Å². The molecule has 18 nitrogen and oxygen atoms in total. The van der Waals surface area contributed by atoms with Crippen molar-refractivity contribution in [3.8, 4) is 34.2 Å². The van der Waals surface area contributed by atoms with Crippen LogP contribution in [-0.2, 0) is 38.9 Å². The van der Waals surface area contributed by atoms with Crippen LogP contribution >= 0.6 is 58.0 Å². The lowest BCUT2D eigenvalue weighted by atomic mass is 9.95. The Kier molecular flexibility index (Phi) is 16.6. The van der Waals surface area contributed by atoms with Crippen molar-refractivity contribution >= 4 is 75.7 Å². The van der Waals surface area contributed by atoms with Crippen LogP contribution in [0.5, 0.6) is 0 Å². The van der Waals surface area contributed by atoms with Crippen LogP contribution in [0.15, 0.2) is 91.4 Å². The van der Waals surface area contributed by atoms with Crippen molar-refractivity contribution in [2.24, 2.45) is 0 Å². The van der Waals surface area contributed by atoms with E-state index in [4.69, 9.17) is 58.0 Å². The molecule has 0 aliphatic carbocycles. The second-order valence-electron chi connectivity index (χ2n) is 19.9. The fraction of sp³-hybridized carbons (Fsp3) is 0.263. The minimum Gasteiger partial charge on any atom is -0.330 e. The van der Waals surface area contributed by atoms with Gasteiger partial charge < -0.3 is 14.7 Å². The normalized spacial score (nSPS) is 16.3. The van der Waals surface area contributed by atoms with Gasteiger partial charge in [0.05, 0.1) is 97.6 Å². The number of carbonyl (C=O) groups is 3. The summed E-state index contributed by atoms with van der Waals surface area (Å²) >= 11 is 30.3. The molecule has 0 spiro atoms. The summed E-state index contributed by atoms with van der Waals surface area (Å²) in [6.07, 6.45) is 6.94. The van der Waals surface area contributed by atoms with E-state index >= 15 is 0 Å². The molecule has 3 N–H and O–H groups in total. The van der Waals surface area contributed by atoms with Crippen LogP contribution in [0.4, 0.5) is 4.39 Å². The molecule has 0 saturated carbocycles. The highest BCUT2D eigenvalue weighted by molar-refractivity contribution is 6.37. The van der Waals surface area contributed by atoms with Crippen LogP contribution in [-0.4, -0.2) is 111 Å². The Balaban J connectivity index is 0.000000136. The Hall–Kier alpha value is -7.68. The third-order valence-corrected chi connectivity index (χ3v) is 15.5. The molecule has 3 aromatic carbocycles. The van der Waals surface area contributed by atoms with Gasteiger partial charge in [-0.1, -0.05) is 58.0 Å². The average Bonchev–Trinajstić information content (AvgIpc) is 4.44. The van der Waals surface area contributed by atoms with Gasteiger partial charge in [0.1, 0.15) is 23.3 Å². The Bertz CT molecular complexity index is 3680. The Labute approximate surface area is 489 Å². The molecule has 2 unspecified atom stereocenters. The van der Waals surface area contributed by atoms with E-state index in [9.17, 15) is 18.8 Å². The first-order valence-electron chi connectivity index (χ1n) is 25.7. The minimum atomic E-state index is -0.623. The SMILES string of the molecule is Cc1nc2c(c(-c3ccn[nH]3)n1)CC(C)N(C(=O)c1cc(Cl)ccc1Cl)C2.Cc1nc2c(c(-c3ccn[nH]3)n1)CC(C)N(C(=O)c1ccc(Cl)cc1F)C2.Cc1nc2c(c(-c3ccn[nH]3)n1)C[C@H](C)N(C(=O)c1ccc(Cl)cc1Cl)C2. The van der Waals surface area contributed by atoms with Crippen LogP contribution in [0.1, 0.15) is 103 Å². The standard InChI is InChI=1S/2C19H17Cl2N5O.C19H17ClFN5O/c1-10-7-14-17(23-11(2)24-18(14)16-5-6-22-25-16)9-26(10)19(27)13-8-12(20)3-4-15(13)21;2*1-10-7-14-17(23-11(2)24-18(14)16-5-6-22-25-16)9-26(10)19(27)13-4-3-12(20)8-15(13)21/h3*3-6,8,10H,7,9H2,1-2H3,(H,22,25)/t;10-;/m.0./s1. The molecule has 3 aliphatic heterocycles. The molecular formula is C57H51Cl5FN15O3. The van der Waals surface area contributed by atoms with E-state index in [0.29, 0.717) is 87.6 Å². The Morgan fingerprint density at radius 3 is 1.20 bits per heavy atom. The number of fused-ring (bicyclic) bond motifs is 3. The van der Waals surface area contributed by atoms with Crippen molar-refractivity contribution in [1.82, 2.24) is 75.2 Å². The first kappa shape index (κ1) is 56.6. The van der Waals surface area contributed by atoms with Gasteiger partial charge >= 0.3 is 0 Å². The molecule has 6 aromatic heterocycles. The molecule has 3 atom stereocenters. The van der Waals surface area contributed by atoms with Gasteiger partial charge in [0.25, 0.3) is 17.7 Å². The number of aryl methyl sites for hydroxylation is 3. The summed E-state index contributed by atoms with van der Waals surface area (Å²) in [4.78, 5) is 71.8. The molecule has 0 saturated heterocycles. The third-order valence-electron chi connectivity index (χ3n) is 14.2. The topological polar surface area (TPSA) is 224 Å². The van der Waals surface area contributed by atoms with Gasteiger partial charge in [-0.3, -0.25) is 29.7 Å². The van der Waals surface area contributed by atoms with Crippen molar-refractivity contribution in [2.45, 2.75) is 98.6 Å². The summed E-state index contributed by atoms with van der Waals surface area (Å²) in [5.41, 5.74) is 11.4. The Morgan fingerprint density at radius 1 is 0.457 bits per heavy atom. The lowest BCUT2D eigenvalue weighted by molar-refractivity contribution is 0.0643. The molecule has 0 radical (unpaired) electrons. The number of rotatable bonds is 6.